The molecule has 1 fully saturated rings. The molecule has 0 radical (unpaired) electrons. The maximum Gasteiger partial charge on any atom is 0.409 e. The average Bonchev–Trinajstić information content (AvgIpc) is 2.66. The summed E-state index contributed by atoms with van der Waals surface area (Å²) in [7, 11) is 1.79. The average molecular weight is 439 g/mol. The number of guanidine groups is 1. The van der Waals surface area contributed by atoms with Gasteiger partial charge in [-0.1, -0.05) is 48.0 Å². The molecule has 0 spiro atoms. The Bertz CT molecular complexity index is 655. The molecule has 0 atom stereocenters. The van der Waals surface area contributed by atoms with Crippen LogP contribution in [0.4, 0.5) is 4.79 Å². The predicted octanol–water partition coefficient (Wildman–Crippen LogP) is 3.51. The molecule has 0 aromatic heterocycles. The second-order valence-electron chi connectivity index (χ2n) is 7.39. The Hall–Kier alpha value is -1.76. The zero-order valence-corrected chi connectivity index (χ0v) is 18.3. The number of nitrogens with zero attached hydrogens (tertiary/aromatic N) is 2. The van der Waals surface area contributed by atoms with E-state index < -0.39 is 0 Å². The maximum atomic E-state index is 11.8. The molecular weight excluding hydrogens is 408 g/mol. The minimum atomic E-state index is -0.214. The van der Waals surface area contributed by atoms with Crippen LogP contribution in [0.25, 0.3) is 0 Å². The van der Waals surface area contributed by atoms with Crippen molar-refractivity contribution in [3.05, 3.63) is 34.3 Å². The van der Waals surface area contributed by atoms with Crippen molar-refractivity contribution < 1.29 is 9.53 Å². The van der Waals surface area contributed by atoms with Gasteiger partial charge in [-0.2, -0.15) is 0 Å². The van der Waals surface area contributed by atoms with E-state index in [1.165, 1.54) is 5.56 Å². The second-order valence-corrected chi connectivity index (χ2v) is 8.25. The van der Waals surface area contributed by atoms with Crippen molar-refractivity contribution in [2.45, 2.75) is 45.1 Å². The van der Waals surface area contributed by atoms with E-state index in [0.29, 0.717) is 25.7 Å². The first kappa shape index (κ1) is 21.5. The van der Waals surface area contributed by atoms with E-state index >= 15 is 0 Å². The fourth-order valence-corrected chi connectivity index (χ4v) is 4.04. The topological polar surface area (TPSA) is 66.0 Å². The first-order chi connectivity index (χ1) is 12.9. The van der Waals surface area contributed by atoms with Crippen LogP contribution in [-0.4, -0.2) is 56.3 Å². The van der Waals surface area contributed by atoms with Crippen molar-refractivity contribution in [3.8, 4) is 0 Å². The van der Waals surface area contributed by atoms with E-state index in [1.54, 1.807) is 11.9 Å². The molecule has 7 heteroatoms. The highest BCUT2D eigenvalue weighted by atomic mass is 79.9. The quantitative estimate of drug-likeness (QED) is 0.545. The minimum absolute atomic E-state index is 0.0506. The molecule has 1 saturated heterocycles. The van der Waals surface area contributed by atoms with Crippen LogP contribution in [0.3, 0.4) is 0 Å². The zero-order chi connectivity index (χ0) is 19.9. The Balaban J connectivity index is 1.85. The normalized spacial score (nSPS) is 16.2. The molecule has 1 aromatic rings. The molecule has 2 N–H and O–H groups in total. The number of carbonyl (C=O) groups is 1. The van der Waals surface area contributed by atoms with Gasteiger partial charge < -0.3 is 20.3 Å². The van der Waals surface area contributed by atoms with Crippen LogP contribution >= 0.6 is 15.9 Å². The van der Waals surface area contributed by atoms with Crippen LogP contribution in [0.15, 0.2) is 33.7 Å². The van der Waals surface area contributed by atoms with Crippen molar-refractivity contribution >= 4 is 28.0 Å². The highest BCUT2D eigenvalue weighted by Gasteiger charge is 2.26. The molecule has 1 heterocycles. The largest absolute Gasteiger partial charge is 0.450 e. The summed E-state index contributed by atoms with van der Waals surface area (Å²) in [6.07, 6.45) is 1.55. The SMILES string of the molecule is CCOC(=O)N1CCC(NC(=NC)NCC(C)(C)c2ccccc2Br)CC1. The molecule has 27 heavy (non-hydrogen) atoms. The van der Waals surface area contributed by atoms with E-state index in [0.717, 1.165) is 29.8 Å². The third-order valence-electron chi connectivity index (χ3n) is 4.89. The van der Waals surface area contributed by atoms with E-state index in [-0.39, 0.29) is 11.5 Å². The van der Waals surface area contributed by atoms with E-state index in [9.17, 15) is 4.79 Å². The third-order valence-corrected chi connectivity index (χ3v) is 5.58. The van der Waals surface area contributed by atoms with Gasteiger partial charge in [-0.15, -0.1) is 0 Å². The van der Waals surface area contributed by atoms with E-state index in [2.05, 4.69) is 63.6 Å². The van der Waals surface area contributed by atoms with Gasteiger partial charge in [0.15, 0.2) is 5.96 Å². The molecule has 1 aromatic carbocycles. The lowest BCUT2D eigenvalue weighted by Gasteiger charge is -2.33. The number of hydrogen-bond donors (Lipinski definition) is 2. The van der Waals surface area contributed by atoms with Crippen molar-refractivity contribution in [1.82, 2.24) is 15.5 Å². The second kappa shape index (κ2) is 9.97. The molecular formula is C20H31BrN4O2. The third kappa shape index (κ3) is 6.13. The van der Waals surface area contributed by atoms with Crippen molar-refractivity contribution in [2.75, 3.05) is 33.3 Å². The summed E-state index contributed by atoms with van der Waals surface area (Å²) in [6.45, 7) is 8.84. The molecule has 0 bridgehead atoms. The molecule has 0 aliphatic carbocycles. The smallest absolute Gasteiger partial charge is 0.409 e. The molecule has 2 rings (SSSR count). The number of halogens is 1. The maximum absolute atomic E-state index is 11.8. The number of piperidine rings is 1. The standard InChI is InChI=1S/C20H31BrN4O2/c1-5-27-19(26)25-12-10-15(11-13-25)24-18(22-4)23-14-20(2,3)16-8-6-7-9-17(16)21/h6-9,15H,5,10-14H2,1-4H3,(H2,22,23,24). The molecule has 1 aliphatic rings. The van der Waals surface area contributed by atoms with Gasteiger partial charge in [-0.05, 0) is 31.4 Å². The minimum Gasteiger partial charge on any atom is -0.450 e. The number of amides is 1. The van der Waals surface area contributed by atoms with Crippen LogP contribution in [0.5, 0.6) is 0 Å². The number of aliphatic imine (C=N–C) groups is 1. The number of rotatable bonds is 5. The summed E-state index contributed by atoms with van der Waals surface area (Å²) in [4.78, 5) is 17.9. The van der Waals surface area contributed by atoms with Gasteiger partial charge in [-0.3, -0.25) is 4.99 Å². The Morgan fingerprint density at radius 1 is 1.33 bits per heavy atom. The summed E-state index contributed by atoms with van der Waals surface area (Å²) in [5.74, 6) is 0.796. The molecule has 6 nitrogen and oxygen atoms in total. The molecule has 150 valence electrons. The fraction of sp³-hybridized carbons (Fsp3) is 0.600. The highest BCUT2D eigenvalue weighted by molar-refractivity contribution is 9.10. The number of ether oxygens (including phenoxy) is 1. The Kier molecular flexibility index (Phi) is 7.95. The Morgan fingerprint density at radius 3 is 2.59 bits per heavy atom. The predicted molar refractivity (Wildman–Crippen MR) is 113 cm³/mol. The zero-order valence-electron chi connectivity index (χ0n) is 16.7. The number of benzene rings is 1. The van der Waals surface area contributed by atoms with Crippen LogP contribution in [0.2, 0.25) is 0 Å². The van der Waals surface area contributed by atoms with E-state index in [4.69, 9.17) is 4.74 Å². The Morgan fingerprint density at radius 2 is 2.00 bits per heavy atom. The first-order valence-corrected chi connectivity index (χ1v) is 10.3. The fourth-order valence-electron chi connectivity index (χ4n) is 3.22. The van der Waals surface area contributed by atoms with E-state index in [1.807, 2.05) is 13.0 Å². The summed E-state index contributed by atoms with van der Waals surface area (Å²) >= 11 is 3.65. The van der Waals surface area contributed by atoms with Gasteiger partial charge in [0.25, 0.3) is 0 Å². The first-order valence-electron chi connectivity index (χ1n) is 9.51. The number of hydrogen-bond acceptors (Lipinski definition) is 3. The number of likely N-dealkylation sites (tertiary alicyclic amines) is 1. The van der Waals surface area contributed by atoms with Gasteiger partial charge in [0.05, 0.1) is 6.61 Å². The van der Waals surface area contributed by atoms with Gasteiger partial charge >= 0.3 is 6.09 Å². The summed E-state index contributed by atoms with van der Waals surface area (Å²) in [5.41, 5.74) is 1.21. The lowest BCUT2D eigenvalue weighted by Crippen LogP contribution is -2.51. The summed E-state index contributed by atoms with van der Waals surface area (Å²) < 4.78 is 6.19. The number of nitrogens with one attached hydrogen (secondary N) is 2. The molecule has 1 amide bonds. The Labute approximate surface area is 170 Å². The molecule has 1 aliphatic heterocycles. The van der Waals surface area contributed by atoms with Gasteiger partial charge in [0, 0.05) is 42.6 Å². The van der Waals surface area contributed by atoms with Crippen LogP contribution in [-0.2, 0) is 10.2 Å². The highest BCUT2D eigenvalue weighted by Crippen LogP contribution is 2.29. The molecule has 0 unspecified atom stereocenters. The molecule has 0 saturated carbocycles. The monoisotopic (exact) mass is 438 g/mol. The van der Waals surface area contributed by atoms with Gasteiger partial charge in [0.1, 0.15) is 0 Å². The van der Waals surface area contributed by atoms with Crippen molar-refractivity contribution in [3.63, 3.8) is 0 Å². The van der Waals surface area contributed by atoms with Crippen LogP contribution in [0, 0.1) is 0 Å². The van der Waals surface area contributed by atoms with Crippen LogP contribution < -0.4 is 10.6 Å². The lowest BCUT2D eigenvalue weighted by molar-refractivity contribution is 0.0963. The summed E-state index contributed by atoms with van der Waals surface area (Å²) in [5, 5.41) is 6.93. The lowest BCUT2D eigenvalue weighted by atomic mass is 9.84. The van der Waals surface area contributed by atoms with Crippen molar-refractivity contribution in [2.24, 2.45) is 4.99 Å². The number of carbonyl (C=O) groups excluding carboxylic acids is 1. The van der Waals surface area contributed by atoms with Gasteiger partial charge in [-0.25, -0.2) is 4.79 Å². The van der Waals surface area contributed by atoms with Crippen LogP contribution in [0.1, 0.15) is 39.2 Å². The van der Waals surface area contributed by atoms with Crippen molar-refractivity contribution in [1.29, 1.82) is 0 Å². The summed E-state index contributed by atoms with van der Waals surface area (Å²) in [6, 6.07) is 8.61. The van der Waals surface area contributed by atoms with Gasteiger partial charge in [0.2, 0.25) is 0 Å².